The van der Waals surface area contributed by atoms with Crippen molar-refractivity contribution in [1.82, 2.24) is 14.9 Å². The molecule has 118 valence electrons. The van der Waals surface area contributed by atoms with E-state index in [9.17, 15) is 0 Å². The minimum absolute atomic E-state index is 0.182. The van der Waals surface area contributed by atoms with Crippen LogP contribution in [0.5, 0.6) is 5.75 Å². The van der Waals surface area contributed by atoms with Crippen molar-refractivity contribution in [1.29, 1.82) is 5.26 Å². The summed E-state index contributed by atoms with van der Waals surface area (Å²) in [6, 6.07) is 11.1. The van der Waals surface area contributed by atoms with E-state index >= 15 is 0 Å². The Morgan fingerprint density at radius 2 is 2.13 bits per heavy atom. The van der Waals surface area contributed by atoms with E-state index in [2.05, 4.69) is 20.9 Å². The maximum atomic E-state index is 8.93. The lowest BCUT2D eigenvalue weighted by molar-refractivity contribution is 0.0954. The first-order chi connectivity index (χ1) is 11.2. The Kier molecular flexibility index (Phi) is 4.69. The number of nitrogens with two attached hydrogens (primary N) is 1. The molecule has 1 aliphatic rings. The van der Waals surface area contributed by atoms with Gasteiger partial charge in [-0.05, 0) is 37.1 Å². The van der Waals surface area contributed by atoms with Gasteiger partial charge in [0.05, 0.1) is 18.2 Å². The molecule has 3 rings (SSSR count). The van der Waals surface area contributed by atoms with Gasteiger partial charge in [-0.3, -0.25) is 4.90 Å². The lowest BCUT2D eigenvalue weighted by Crippen LogP contribution is -2.38. The van der Waals surface area contributed by atoms with E-state index in [0.717, 1.165) is 37.5 Å². The first kappa shape index (κ1) is 15.3. The number of nitrogen functional groups attached to an aromatic ring is 1. The fourth-order valence-corrected chi connectivity index (χ4v) is 2.71. The molecule has 2 aromatic rings. The van der Waals surface area contributed by atoms with Gasteiger partial charge in [-0.15, -0.1) is 0 Å². The molecule has 0 atom stereocenters. The highest BCUT2D eigenvalue weighted by Gasteiger charge is 2.21. The fourth-order valence-electron chi connectivity index (χ4n) is 2.71. The van der Waals surface area contributed by atoms with Crippen molar-refractivity contribution in [3.05, 3.63) is 47.9 Å². The van der Waals surface area contributed by atoms with Gasteiger partial charge in [0.1, 0.15) is 23.5 Å². The Bertz CT molecular complexity index is 704. The third-order valence-corrected chi connectivity index (χ3v) is 3.89. The van der Waals surface area contributed by atoms with Crippen LogP contribution >= 0.6 is 0 Å². The van der Waals surface area contributed by atoms with Crippen LogP contribution in [-0.2, 0) is 6.54 Å². The molecule has 2 heterocycles. The third kappa shape index (κ3) is 4.18. The minimum atomic E-state index is 0.182. The van der Waals surface area contributed by atoms with Crippen molar-refractivity contribution in [2.45, 2.75) is 25.5 Å². The van der Waals surface area contributed by atoms with Gasteiger partial charge in [-0.1, -0.05) is 6.07 Å². The summed E-state index contributed by atoms with van der Waals surface area (Å²) < 4.78 is 5.99. The zero-order valence-corrected chi connectivity index (χ0v) is 12.9. The molecule has 1 fully saturated rings. The number of nitrogens with zero attached hydrogens (tertiary/aromatic N) is 4. The van der Waals surface area contributed by atoms with Gasteiger partial charge in [0.15, 0.2) is 0 Å². The largest absolute Gasteiger partial charge is 0.490 e. The van der Waals surface area contributed by atoms with Crippen molar-refractivity contribution >= 4 is 5.82 Å². The molecular formula is C17H19N5O. The van der Waals surface area contributed by atoms with Crippen molar-refractivity contribution < 1.29 is 4.74 Å². The number of ether oxygens (including phenoxy) is 1. The molecule has 0 aliphatic carbocycles. The lowest BCUT2D eigenvalue weighted by atomic mass is 10.1. The number of rotatable bonds is 4. The first-order valence-electron chi connectivity index (χ1n) is 7.69. The van der Waals surface area contributed by atoms with Gasteiger partial charge in [-0.25, -0.2) is 9.97 Å². The van der Waals surface area contributed by atoms with Crippen LogP contribution in [0.1, 0.15) is 24.2 Å². The second kappa shape index (κ2) is 7.07. The smallest absolute Gasteiger partial charge is 0.144 e. The Hall–Kier alpha value is -2.65. The van der Waals surface area contributed by atoms with Crippen LogP contribution in [0, 0.1) is 11.3 Å². The molecule has 23 heavy (non-hydrogen) atoms. The number of aromatic nitrogens is 2. The molecule has 1 saturated heterocycles. The molecule has 0 unspecified atom stereocenters. The summed E-state index contributed by atoms with van der Waals surface area (Å²) in [5.41, 5.74) is 6.31. The number of hydrogen-bond donors (Lipinski definition) is 1. The zero-order chi connectivity index (χ0) is 16.1. The molecule has 6 nitrogen and oxygen atoms in total. The van der Waals surface area contributed by atoms with Crippen LogP contribution < -0.4 is 10.5 Å². The Morgan fingerprint density at radius 3 is 2.87 bits per heavy atom. The summed E-state index contributed by atoms with van der Waals surface area (Å²) in [4.78, 5) is 10.8. The highest BCUT2D eigenvalue weighted by molar-refractivity contribution is 5.36. The molecular weight excluding hydrogens is 290 g/mol. The number of benzene rings is 1. The number of anilines is 1. The van der Waals surface area contributed by atoms with Crippen LogP contribution in [0.15, 0.2) is 36.5 Å². The van der Waals surface area contributed by atoms with Crippen LogP contribution in [0.2, 0.25) is 0 Å². The quantitative estimate of drug-likeness (QED) is 0.929. The van der Waals surface area contributed by atoms with E-state index < -0.39 is 0 Å². The highest BCUT2D eigenvalue weighted by Crippen LogP contribution is 2.20. The summed E-state index contributed by atoms with van der Waals surface area (Å²) in [6.45, 7) is 2.57. The predicted octanol–water partition coefficient (Wildman–Crippen LogP) is 1.97. The molecule has 6 heteroatoms. The molecule has 0 bridgehead atoms. The standard InChI is InChI=1S/C17H19N5O/c18-11-13-2-1-3-15(10-13)23-14-5-8-22(9-6-14)12-17-20-7-4-16(19)21-17/h1-4,7,10,14H,5-6,8-9,12H2,(H2,19,20,21). The van der Waals surface area contributed by atoms with E-state index in [1.807, 2.05) is 12.1 Å². The van der Waals surface area contributed by atoms with Crippen molar-refractivity contribution in [2.24, 2.45) is 0 Å². The maximum Gasteiger partial charge on any atom is 0.144 e. The molecule has 1 aromatic heterocycles. The van der Waals surface area contributed by atoms with Crippen LogP contribution in [0.25, 0.3) is 0 Å². The predicted molar refractivity (Wildman–Crippen MR) is 86.5 cm³/mol. The average molecular weight is 309 g/mol. The van der Waals surface area contributed by atoms with Crippen molar-refractivity contribution in [2.75, 3.05) is 18.8 Å². The second-order valence-electron chi connectivity index (χ2n) is 5.63. The molecule has 2 N–H and O–H groups in total. The maximum absolute atomic E-state index is 8.93. The van der Waals surface area contributed by atoms with E-state index in [-0.39, 0.29) is 6.10 Å². The summed E-state index contributed by atoms with van der Waals surface area (Å²) in [6.07, 6.45) is 3.76. The van der Waals surface area contributed by atoms with Crippen molar-refractivity contribution in [3.8, 4) is 11.8 Å². The average Bonchev–Trinajstić information content (AvgIpc) is 2.57. The molecule has 0 spiro atoms. The van der Waals surface area contributed by atoms with Gasteiger partial charge in [-0.2, -0.15) is 5.26 Å². The number of nitriles is 1. The first-order valence-corrected chi connectivity index (χ1v) is 7.69. The SMILES string of the molecule is N#Cc1cccc(OC2CCN(Cc3nccc(N)n3)CC2)c1. The highest BCUT2D eigenvalue weighted by atomic mass is 16.5. The lowest BCUT2D eigenvalue weighted by Gasteiger charge is -2.31. The van der Waals surface area contributed by atoms with E-state index in [1.54, 1.807) is 24.4 Å². The van der Waals surface area contributed by atoms with Crippen LogP contribution in [0.4, 0.5) is 5.82 Å². The molecule has 0 radical (unpaired) electrons. The molecule has 1 aliphatic heterocycles. The summed E-state index contributed by atoms with van der Waals surface area (Å²) in [7, 11) is 0. The van der Waals surface area contributed by atoms with Crippen LogP contribution in [-0.4, -0.2) is 34.1 Å². The Morgan fingerprint density at radius 1 is 1.30 bits per heavy atom. The number of piperidine rings is 1. The summed E-state index contributed by atoms with van der Waals surface area (Å²) >= 11 is 0. The topological polar surface area (TPSA) is 88.1 Å². The monoisotopic (exact) mass is 309 g/mol. The van der Waals surface area contributed by atoms with E-state index in [4.69, 9.17) is 15.7 Å². The van der Waals surface area contributed by atoms with Gasteiger partial charge < -0.3 is 10.5 Å². The zero-order valence-electron chi connectivity index (χ0n) is 12.9. The minimum Gasteiger partial charge on any atom is -0.490 e. The molecule has 0 amide bonds. The van der Waals surface area contributed by atoms with Gasteiger partial charge >= 0.3 is 0 Å². The fraction of sp³-hybridized carbons (Fsp3) is 0.353. The van der Waals surface area contributed by atoms with Gasteiger partial charge in [0, 0.05) is 19.3 Å². The Balaban J connectivity index is 1.51. The van der Waals surface area contributed by atoms with Gasteiger partial charge in [0.25, 0.3) is 0 Å². The second-order valence-corrected chi connectivity index (χ2v) is 5.63. The molecule has 0 saturated carbocycles. The molecule has 1 aromatic carbocycles. The number of hydrogen-bond acceptors (Lipinski definition) is 6. The van der Waals surface area contributed by atoms with Gasteiger partial charge in [0.2, 0.25) is 0 Å². The van der Waals surface area contributed by atoms with E-state index in [1.165, 1.54) is 0 Å². The van der Waals surface area contributed by atoms with E-state index in [0.29, 0.717) is 17.9 Å². The summed E-state index contributed by atoms with van der Waals surface area (Å²) in [5, 5.41) is 8.93. The number of likely N-dealkylation sites (tertiary alicyclic amines) is 1. The Labute approximate surface area is 135 Å². The van der Waals surface area contributed by atoms with Crippen molar-refractivity contribution in [3.63, 3.8) is 0 Å². The normalized spacial score (nSPS) is 16.0. The summed E-state index contributed by atoms with van der Waals surface area (Å²) in [5.74, 6) is 2.03. The third-order valence-electron chi connectivity index (χ3n) is 3.89. The van der Waals surface area contributed by atoms with Crippen LogP contribution in [0.3, 0.4) is 0 Å².